The first kappa shape index (κ1) is 16.0. The molecule has 1 rings (SSSR count). The van der Waals surface area contributed by atoms with E-state index in [1.165, 1.54) is 12.8 Å². The van der Waals surface area contributed by atoms with E-state index in [2.05, 4.69) is 4.90 Å². The molecule has 0 atom stereocenters. The van der Waals surface area contributed by atoms with E-state index in [4.69, 9.17) is 5.11 Å². The van der Waals surface area contributed by atoms with Gasteiger partial charge in [0.15, 0.2) is 0 Å². The number of aliphatic carboxylic acids is 1. The second-order valence-corrected chi connectivity index (χ2v) is 6.16. The number of carboxylic acids is 1. The van der Waals surface area contributed by atoms with Gasteiger partial charge in [-0.2, -0.15) is 0 Å². The van der Waals surface area contributed by atoms with Crippen molar-refractivity contribution in [1.82, 2.24) is 9.80 Å². The molecule has 0 saturated carbocycles. The lowest BCUT2D eigenvalue weighted by Crippen LogP contribution is -2.47. The number of carboxylic acid groups (broad SMARTS) is 1. The molecule has 1 heterocycles. The quantitative estimate of drug-likeness (QED) is 0.796. The van der Waals surface area contributed by atoms with Gasteiger partial charge in [0.1, 0.15) is 0 Å². The van der Waals surface area contributed by atoms with Gasteiger partial charge in [-0.25, -0.2) is 0 Å². The highest BCUT2D eigenvalue weighted by molar-refractivity contribution is 5.78. The molecule has 110 valence electrons. The molecular formula is C14H26N2O3. The lowest BCUT2D eigenvalue weighted by atomic mass is 10.0. The van der Waals surface area contributed by atoms with Crippen LogP contribution in [0.2, 0.25) is 0 Å². The van der Waals surface area contributed by atoms with Gasteiger partial charge in [-0.3, -0.25) is 9.59 Å². The molecule has 0 radical (unpaired) electrons. The van der Waals surface area contributed by atoms with E-state index in [1.54, 1.807) is 4.90 Å². The number of amides is 1. The van der Waals surface area contributed by atoms with Crippen molar-refractivity contribution in [3.05, 3.63) is 0 Å². The smallest absolute Gasteiger partial charge is 0.305 e. The zero-order valence-electron chi connectivity index (χ0n) is 12.3. The molecule has 0 aromatic heterocycles. The number of nitrogens with zero attached hydrogens (tertiary/aromatic N) is 2. The van der Waals surface area contributed by atoms with Gasteiger partial charge in [0.25, 0.3) is 0 Å². The molecule has 1 aliphatic heterocycles. The molecule has 5 nitrogen and oxygen atoms in total. The Morgan fingerprint density at radius 3 is 2.21 bits per heavy atom. The number of carbonyl (C=O) groups excluding carboxylic acids is 1. The zero-order valence-corrected chi connectivity index (χ0v) is 12.3. The molecule has 1 aliphatic rings. The van der Waals surface area contributed by atoms with Crippen LogP contribution in [0.3, 0.4) is 0 Å². The highest BCUT2D eigenvalue weighted by atomic mass is 16.4. The highest BCUT2D eigenvalue weighted by Crippen LogP contribution is 2.16. The number of rotatable bonds is 6. The Labute approximate surface area is 115 Å². The first-order valence-electron chi connectivity index (χ1n) is 7.05. The summed E-state index contributed by atoms with van der Waals surface area (Å²) in [5, 5.41) is 8.77. The largest absolute Gasteiger partial charge is 0.481 e. The van der Waals surface area contributed by atoms with Gasteiger partial charge in [0, 0.05) is 25.0 Å². The van der Waals surface area contributed by atoms with Gasteiger partial charge < -0.3 is 14.9 Å². The van der Waals surface area contributed by atoms with E-state index in [0.29, 0.717) is 6.42 Å². The topological polar surface area (TPSA) is 60.9 Å². The fourth-order valence-electron chi connectivity index (χ4n) is 2.44. The van der Waals surface area contributed by atoms with Gasteiger partial charge in [-0.1, -0.05) is 0 Å². The fourth-order valence-corrected chi connectivity index (χ4v) is 2.44. The summed E-state index contributed by atoms with van der Waals surface area (Å²) < 4.78 is 0. The third-order valence-electron chi connectivity index (χ3n) is 3.50. The second kappa shape index (κ2) is 6.89. The monoisotopic (exact) mass is 270 g/mol. The average Bonchev–Trinajstić information content (AvgIpc) is 2.76. The van der Waals surface area contributed by atoms with E-state index >= 15 is 0 Å². The summed E-state index contributed by atoms with van der Waals surface area (Å²) in [7, 11) is 0. The molecule has 1 amide bonds. The van der Waals surface area contributed by atoms with Crippen LogP contribution >= 0.6 is 0 Å². The standard InChI is InChI=1S/C14H26N2O3/c1-14(2,3)16(11-7-13(18)19)12(17)6-10-15-8-4-5-9-15/h4-11H2,1-3H3,(H,18,19). The van der Waals surface area contributed by atoms with Crippen LogP contribution in [0, 0.1) is 0 Å². The van der Waals surface area contributed by atoms with Crippen LogP contribution in [0.25, 0.3) is 0 Å². The minimum atomic E-state index is -0.860. The van der Waals surface area contributed by atoms with Gasteiger partial charge in [0.05, 0.1) is 6.42 Å². The molecule has 1 fully saturated rings. The van der Waals surface area contributed by atoms with Gasteiger partial charge >= 0.3 is 5.97 Å². The lowest BCUT2D eigenvalue weighted by molar-refractivity contribution is -0.140. The third kappa shape index (κ3) is 5.59. The number of hydrogen-bond donors (Lipinski definition) is 1. The van der Waals surface area contributed by atoms with E-state index < -0.39 is 5.97 Å². The van der Waals surface area contributed by atoms with Crippen LogP contribution < -0.4 is 0 Å². The maximum Gasteiger partial charge on any atom is 0.305 e. The summed E-state index contributed by atoms with van der Waals surface area (Å²) >= 11 is 0. The average molecular weight is 270 g/mol. The third-order valence-corrected chi connectivity index (χ3v) is 3.50. The number of hydrogen-bond acceptors (Lipinski definition) is 3. The first-order valence-corrected chi connectivity index (χ1v) is 7.05. The Bertz CT molecular complexity index is 317. The second-order valence-electron chi connectivity index (χ2n) is 6.16. The Morgan fingerprint density at radius 1 is 1.16 bits per heavy atom. The van der Waals surface area contributed by atoms with Gasteiger partial charge in [-0.15, -0.1) is 0 Å². The molecule has 0 aromatic rings. The number of carbonyl (C=O) groups is 2. The Kier molecular flexibility index (Phi) is 5.79. The fraction of sp³-hybridized carbons (Fsp3) is 0.857. The van der Waals surface area contributed by atoms with Crippen molar-refractivity contribution in [2.45, 2.75) is 52.0 Å². The van der Waals surface area contributed by atoms with Crippen molar-refractivity contribution in [1.29, 1.82) is 0 Å². The van der Waals surface area contributed by atoms with Crippen molar-refractivity contribution in [2.24, 2.45) is 0 Å². The molecule has 1 saturated heterocycles. The molecule has 0 unspecified atom stereocenters. The van der Waals surface area contributed by atoms with Crippen LogP contribution in [-0.2, 0) is 9.59 Å². The normalized spacial score (nSPS) is 16.6. The summed E-state index contributed by atoms with van der Waals surface area (Å²) in [4.78, 5) is 26.9. The Hall–Kier alpha value is -1.10. The van der Waals surface area contributed by atoms with Crippen molar-refractivity contribution in [3.63, 3.8) is 0 Å². The van der Waals surface area contributed by atoms with E-state index in [-0.39, 0.29) is 24.4 Å². The summed E-state index contributed by atoms with van der Waals surface area (Å²) in [6.07, 6.45) is 2.93. The van der Waals surface area contributed by atoms with Crippen molar-refractivity contribution >= 4 is 11.9 Å². The molecule has 0 bridgehead atoms. The maximum absolute atomic E-state index is 12.3. The van der Waals surface area contributed by atoms with Crippen molar-refractivity contribution in [2.75, 3.05) is 26.2 Å². The van der Waals surface area contributed by atoms with Crippen LogP contribution in [-0.4, -0.2) is 58.5 Å². The maximum atomic E-state index is 12.3. The van der Waals surface area contributed by atoms with Crippen LogP contribution in [0.15, 0.2) is 0 Å². The Morgan fingerprint density at radius 2 is 1.74 bits per heavy atom. The SMILES string of the molecule is CC(C)(C)N(CCC(=O)O)C(=O)CCN1CCCC1. The lowest BCUT2D eigenvalue weighted by Gasteiger charge is -2.36. The summed E-state index contributed by atoms with van der Waals surface area (Å²) in [5.74, 6) is -0.803. The van der Waals surface area contributed by atoms with Crippen molar-refractivity contribution in [3.8, 4) is 0 Å². The minimum absolute atomic E-state index is 0.00667. The van der Waals surface area contributed by atoms with Crippen LogP contribution in [0.5, 0.6) is 0 Å². The van der Waals surface area contributed by atoms with E-state index in [9.17, 15) is 9.59 Å². The molecule has 0 aliphatic carbocycles. The molecule has 0 aromatic carbocycles. The minimum Gasteiger partial charge on any atom is -0.481 e. The highest BCUT2D eigenvalue weighted by Gasteiger charge is 2.27. The summed E-state index contributed by atoms with van der Waals surface area (Å²) in [6, 6.07) is 0. The zero-order chi connectivity index (χ0) is 14.5. The molecule has 0 spiro atoms. The Balaban J connectivity index is 2.48. The van der Waals surface area contributed by atoms with E-state index in [1.807, 2.05) is 20.8 Å². The molecular weight excluding hydrogens is 244 g/mol. The van der Waals surface area contributed by atoms with Gasteiger partial charge in [-0.05, 0) is 46.7 Å². The van der Waals surface area contributed by atoms with E-state index in [0.717, 1.165) is 19.6 Å². The summed E-state index contributed by atoms with van der Waals surface area (Å²) in [5.41, 5.74) is -0.322. The first-order chi connectivity index (χ1) is 8.80. The molecule has 1 N–H and O–H groups in total. The summed E-state index contributed by atoms with van der Waals surface area (Å²) in [6.45, 7) is 9.08. The van der Waals surface area contributed by atoms with Crippen molar-refractivity contribution < 1.29 is 14.7 Å². The predicted octanol–water partition coefficient (Wildman–Crippen LogP) is 1.57. The molecule has 5 heteroatoms. The van der Waals surface area contributed by atoms with Crippen LogP contribution in [0.1, 0.15) is 46.5 Å². The van der Waals surface area contributed by atoms with Gasteiger partial charge in [0.2, 0.25) is 5.91 Å². The molecule has 19 heavy (non-hydrogen) atoms. The predicted molar refractivity (Wildman–Crippen MR) is 74.0 cm³/mol. The van der Waals surface area contributed by atoms with Crippen LogP contribution in [0.4, 0.5) is 0 Å². The number of likely N-dealkylation sites (tertiary alicyclic amines) is 1.